The fourth-order valence-corrected chi connectivity index (χ4v) is 1.80. The first kappa shape index (κ1) is 12.7. The van der Waals surface area contributed by atoms with Crippen molar-refractivity contribution in [1.29, 1.82) is 0 Å². The molecule has 2 aromatic rings. The van der Waals surface area contributed by atoms with Crippen LogP contribution in [0.3, 0.4) is 0 Å². The zero-order valence-corrected chi connectivity index (χ0v) is 10.8. The maximum absolute atomic E-state index is 5.64. The van der Waals surface area contributed by atoms with Crippen LogP contribution in [0.25, 0.3) is 0 Å². The second-order valence-corrected chi connectivity index (χ2v) is 4.37. The van der Waals surface area contributed by atoms with E-state index in [1.165, 1.54) is 5.56 Å². The van der Waals surface area contributed by atoms with E-state index in [1.807, 2.05) is 51.0 Å². The highest BCUT2D eigenvalue weighted by Gasteiger charge is 2.04. The molecule has 1 radical (unpaired) electrons. The van der Waals surface area contributed by atoms with E-state index in [9.17, 15) is 0 Å². The summed E-state index contributed by atoms with van der Waals surface area (Å²) in [6.07, 6.45) is 0. The topological polar surface area (TPSA) is 12.5 Å². The van der Waals surface area contributed by atoms with Gasteiger partial charge in [-0.2, -0.15) is 0 Å². The van der Waals surface area contributed by atoms with Gasteiger partial charge in [0.2, 0.25) is 0 Å². The number of para-hydroxylation sites is 1. The van der Waals surface area contributed by atoms with Gasteiger partial charge in [0.1, 0.15) is 6.61 Å². The Morgan fingerprint density at radius 3 is 2.33 bits per heavy atom. The van der Waals surface area contributed by atoms with Crippen molar-refractivity contribution in [2.75, 3.05) is 19.0 Å². The van der Waals surface area contributed by atoms with Crippen LogP contribution in [0, 0.1) is 6.61 Å². The van der Waals surface area contributed by atoms with Crippen molar-refractivity contribution in [2.45, 2.75) is 6.61 Å². The van der Waals surface area contributed by atoms with Gasteiger partial charge in [-0.3, -0.25) is 0 Å². The number of anilines is 1. The Bertz CT molecular complexity index is 479. The minimum atomic E-state index is 0.600. The summed E-state index contributed by atoms with van der Waals surface area (Å²) < 4.78 is 5.64. The third kappa shape index (κ3) is 3.34. The summed E-state index contributed by atoms with van der Waals surface area (Å²) in [6, 6.07) is 18.4. The molecule has 0 aliphatic carbocycles. The van der Waals surface area contributed by atoms with Gasteiger partial charge >= 0.3 is 0 Å². The zero-order valence-electron chi connectivity index (χ0n) is 10.8. The number of benzene rings is 2. The quantitative estimate of drug-likeness (QED) is 0.793. The Kier molecular flexibility index (Phi) is 4.37. The highest BCUT2D eigenvalue weighted by Crippen LogP contribution is 2.20. The maximum atomic E-state index is 5.64. The van der Waals surface area contributed by atoms with Crippen molar-refractivity contribution in [2.24, 2.45) is 0 Å². The van der Waals surface area contributed by atoms with Gasteiger partial charge in [0.15, 0.2) is 0 Å². The molecule has 0 atom stereocenters. The third-order valence-electron chi connectivity index (χ3n) is 2.72. The van der Waals surface area contributed by atoms with Crippen LogP contribution in [0.5, 0.6) is 0 Å². The molecule has 2 aromatic carbocycles. The molecule has 0 spiro atoms. The average molecular weight is 240 g/mol. The van der Waals surface area contributed by atoms with Crippen LogP contribution in [0.1, 0.15) is 11.1 Å². The van der Waals surface area contributed by atoms with Gasteiger partial charge in [0.25, 0.3) is 0 Å². The molecule has 0 aliphatic heterocycles. The largest absolute Gasteiger partial charge is 0.377 e. The molecule has 2 rings (SSSR count). The van der Waals surface area contributed by atoms with Crippen molar-refractivity contribution < 1.29 is 4.74 Å². The van der Waals surface area contributed by atoms with Crippen LogP contribution in [-0.4, -0.2) is 14.1 Å². The van der Waals surface area contributed by atoms with Crippen molar-refractivity contribution in [1.82, 2.24) is 0 Å². The standard InChI is InChI=1S/C16H18NO/c1-17(2)16-11-7-6-10-15(16)13-18-12-14-8-4-3-5-9-14/h3-11,13H,12H2,1-2H3. The second kappa shape index (κ2) is 6.22. The monoisotopic (exact) mass is 240 g/mol. The van der Waals surface area contributed by atoms with Gasteiger partial charge in [-0.05, 0) is 11.6 Å². The number of rotatable bonds is 5. The fourth-order valence-electron chi connectivity index (χ4n) is 1.80. The lowest BCUT2D eigenvalue weighted by atomic mass is 10.2. The Morgan fingerprint density at radius 1 is 0.944 bits per heavy atom. The Labute approximate surface area is 109 Å². The SMILES string of the molecule is CN(C)c1ccccc1[CH]OCc1ccccc1. The predicted molar refractivity (Wildman–Crippen MR) is 75.4 cm³/mol. The summed E-state index contributed by atoms with van der Waals surface area (Å²) >= 11 is 0. The second-order valence-electron chi connectivity index (χ2n) is 4.37. The molecule has 18 heavy (non-hydrogen) atoms. The molecule has 0 saturated carbocycles. The molecule has 93 valence electrons. The van der Waals surface area contributed by atoms with Crippen molar-refractivity contribution in [3.05, 3.63) is 72.3 Å². The Morgan fingerprint density at radius 2 is 1.61 bits per heavy atom. The van der Waals surface area contributed by atoms with E-state index in [4.69, 9.17) is 4.74 Å². The summed E-state index contributed by atoms with van der Waals surface area (Å²) in [6.45, 7) is 2.42. The molecule has 0 amide bonds. The summed E-state index contributed by atoms with van der Waals surface area (Å²) in [7, 11) is 4.06. The molecule has 0 aliphatic rings. The lowest BCUT2D eigenvalue weighted by molar-refractivity contribution is 0.199. The first-order valence-electron chi connectivity index (χ1n) is 6.02. The van der Waals surface area contributed by atoms with Crippen LogP contribution >= 0.6 is 0 Å². The highest BCUT2D eigenvalue weighted by molar-refractivity contribution is 5.54. The Balaban J connectivity index is 1.94. The summed E-state index contributed by atoms with van der Waals surface area (Å²) in [5.41, 5.74) is 3.43. The molecular weight excluding hydrogens is 222 g/mol. The molecule has 0 aromatic heterocycles. The maximum Gasteiger partial charge on any atom is 0.115 e. The van der Waals surface area contributed by atoms with Crippen LogP contribution < -0.4 is 4.90 Å². The number of hydrogen-bond donors (Lipinski definition) is 0. The summed E-state index contributed by atoms with van der Waals surface area (Å²) in [4.78, 5) is 2.08. The fraction of sp³-hybridized carbons (Fsp3) is 0.188. The lowest BCUT2D eigenvalue weighted by Gasteiger charge is -2.16. The van der Waals surface area contributed by atoms with Crippen LogP contribution in [0.2, 0.25) is 0 Å². The van der Waals surface area contributed by atoms with Crippen LogP contribution in [0.15, 0.2) is 54.6 Å². The minimum Gasteiger partial charge on any atom is -0.377 e. The van der Waals surface area contributed by atoms with Gasteiger partial charge in [0, 0.05) is 25.3 Å². The van der Waals surface area contributed by atoms with E-state index in [1.54, 1.807) is 0 Å². The first-order chi connectivity index (χ1) is 8.77. The molecule has 0 heterocycles. The van der Waals surface area contributed by atoms with E-state index in [0.717, 1.165) is 11.3 Å². The molecule has 2 heteroatoms. The minimum absolute atomic E-state index is 0.600. The molecule has 0 N–H and O–H groups in total. The number of ether oxygens (including phenoxy) is 1. The average Bonchev–Trinajstić information content (AvgIpc) is 2.40. The zero-order chi connectivity index (χ0) is 12.8. The molecule has 0 bridgehead atoms. The molecule has 2 nitrogen and oxygen atoms in total. The molecule has 0 unspecified atom stereocenters. The first-order valence-corrected chi connectivity index (χ1v) is 6.02. The third-order valence-corrected chi connectivity index (χ3v) is 2.72. The van der Waals surface area contributed by atoms with E-state index in [0.29, 0.717) is 6.61 Å². The Hall–Kier alpha value is -1.80. The number of nitrogens with zero attached hydrogens (tertiary/aromatic N) is 1. The van der Waals surface area contributed by atoms with E-state index in [2.05, 4.69) is 29.2 Å². The lowest BCUT2D eigenvalue weighted by Crippen LogP contribution is -2.11. The van der Waals surface area contributed by atoms with E-state index in [-0.39, 0.29) is 0 Å². The summed E-state index contributed by atoms with van der Waals surface area (Å²) in [5.74, 6) is 0. The molecule has 0 fully saturated rings. The van der Waals surface area contributed by atoms with Gasteiger partial charge in [-0.15, -0.1) is 0 Å². The van der Waals surface area contributed by atoms with Crippen molar-refractivity contribution >= 4 is 5.69 Å². The van der Waals surface area contributed by atoms with Gasteiger partial charge in [-0.25, -0.2) is 0 Å². The van der Waals surface area contributed by atoms with Gasteiger partial charge < -0.3 is 9.64 Å². The summed E-state index contributed by atoms with van der Waals surface area (Å²) in [5, 5.41) is 0. The van der Waals surface area contributed by atoms with Crippen molar-refractivity contribution in [3.8, 4) is 0 Å². The number of hydrogen-bond acceptors (Lipinski definition) is 2. The van der Waals surface area contributed by atoms with Gasteiger partial charge in [0.05, 0.1) is 6.61 Å². The smallest absolute Gasteiger partial charge is 0.115 e. The predicted octanol–water partition coefficient (Wildman–Crippen LogP) is 3.48. The highest BCUT2D eigenvalue weighted by atomic mass is 16.5. The molecule has 0 saturated heterocycles. The van der Waals surface area contributed by atoms with E-state index >= 15 is 0 Å². The molecular formula is C16H18NO. The van der Waals surface area contributed by atoms with E-state index < -0.39 is 0 Å². The van der Waals surface area contributed by atoms with Gasteiger partial charge in [-0.1, -0.05) is 48.5 Å². The van der Waals surface area contributed by atoms with Crippen molar-refractivity contribution in [3.63, 3.8) is 0 Å². The normalized spacial score (nSPS) is 10.3. The van der Waals surface area contributed by atoms with Crippen LogP contribution in [-0.2, 0) is 11.3 Å². The van der Waals surface area contributed by atoms with Crippen LogP contribution in [0.4, 0.5) is 5.69 Å².